The molecule has 2 aromatic heterocycles. The molecule has 0 saturated heterocycles. The Morgan fingerprint density at radius 3 is 2.73 bits per heavy atom. The van der Waals surface area contributed by atoms with Gasteiger partial charge in [0.05, 0.1) is 6.61 Å². The molecule has 3 aromatic rings. The van der Waals surface area contributed by atoms with Crippen molar-refractivity contribution in [3.8, 4) is 5.69 Å². The van der Waals surface area contributed by atoms with Crippen LogP contribution in [0, 0.1) is 11.6 Å². The molecular formula is C16H15F2N5O3. The van der Waals surface area contributed by atoms with Crippen LogP contribution in [0.2, 0.25) is 0 Å². The minimum atomic E-state index is -0.874. The monoisotopic (exact) mass is 363 g/mol. The molecule has 0 fully saturated rings. The Labute approximate surface area is 146 Å². The topological polar surface area (TPSA) is 91.9 Å². The number of carbonyl (C=O) groups excluding carboxylic acids is 1. The predicted molar refractivity (Wildman–Crippen MR) is 86.8 cm³/mol. The van der Waals surface area contributed by atoms with E-state index in [0.29, 0.717) is 12.5 Å². The van der Waals surface area contributed by atoms with Gasteiger partial charge in [0.2, 0.25) is 0 Å². The van der Waals surface area contributed by atoms with E-state index in [1.807, 2.05) is 0 Å². The first-order valence-corrected chi connectivity index (χ1v) is 7.92. The molecule has 0 saturated carbocycles. The van der Waals surface area contributed by atoms with E-state index in [9.17, 15) is 18.4 Å². The fourth-order valence-electron chi connectivity index (χ4n) is 2.58. The number of benzene rings is 1. The standard InChI is InChI=1S/C16H15F2N5O3/c1-3-11(16(25)26-4-2)22-8-19-14-13(15(22)24)20-21-23(14)12-6-5-9(17)7-10(12)18/h5-8,11H,3-4H2,1-2H3/t11-/m0/s1. The Morgan fingerprint density at radius 2 is 2.08 bits per heavy atom. The van der Waals surface area contributed by atoms with Crippen molar-refractivity contribution < 1.29 is 18.3 Å². The highest BCUT2D eigenvalue weighted by atomic mass is 19.1. The van der Waals surface area contributed by atoms with Gasteiger partial charge in [0.25, 0.3) is 5.56 Å². The van der Waals surface area contributed by atoms with Crippen LogP contribution < -0.4 is 5.56 Å². The van der Waals surface area contributed by atoms with Crippen LogP contribution in [-0.2, 0) is 9.53 Å². The maximum Gasteiger partial charge on any atom is 0.329 e. The lowest BCUT2D eigenvalue weighted by Gasteiger charge is -2.15. The molecule has 26 heavy (non-hydrogen) atoms. The molecule has 0 N–H and O–H groups in total. The molecule has 8 nitrogen and oxygen atoms in total. The molecule has 2 heterocycles. The number of aromatic nitrogens is 5. The normalized spacial score (nSPS) is 12.3. The summed E-state index contributed by atoms with van der Waals surface area (Å²) in [6.07, 6.45) is 1.48. The summed E-state index contributed by atoms with van der Waals surface area (Å²) < 4.78 is 34.2. The van der Waals surface area contributed by atoms with Gasteiger partial charge in [-0.15, -0.1) is 5.10 Å². The largest absolute Gasteiger partial charge is 0.464 e. The molecule has 1 atom stereocenters. The molecule has 0 aliphatic rings. The first-order valence-electron chi connectivity index (χ1n) is 7.92. The van der Waals surface area contributed by atoms with Crippen LogP contribution in [0.3, 0.4) is 0 Å². The van der Waals surface area contributed by atoms with Crippen molar-refractivity contribution >= 4 is 17.1 Å². The highest BCUT2D eigenvalue weighted by molar-refractivity contribution is 5.75. The second-order valence-electron chi connectivity index (χ2n) is 5.40. The molecule has 3 rings (SSSR count). The minimum Gasteiger partial charge on any atom is -0.464 e. The van der Waals surface area contributed by atoms with E-state index in [-0.39, 0.29) is 23.5 Å². The van der Waals surface area contributed by atoms with E-state index >= 15 is 0 Å². The summed E-state index contributed by atoms with van der Waals surface area (Å²) in [7, 11) is 0. The lowest BCUT2D eigenvalue weighted by Crippen LogP contribution is -2.31. The number of hydrogen-bond acceptors (Lipinski definition) is 6. The number of rotatable bonds is 5. The van der Waals surface area contributed by atoms with Crippen LogP contribution in [0.25, 0.3) is 16.9 Å². The first kappa shape index (κ1) is 17.6. The van der Waals surface area contributed by atoms with Crippen molar-refractivity contribution in [1.29, 1.82) is 0 Å². The van der Waals surface area contributed by atoms with Gasteiger partial charge in [0.1, 0.15) is 23.9 Å². The van der Waals surface area contributed by atoms with Crippen molar-refractivity contribution in [3.63, 3.8) is 0 Å². The van der Waals surface area contributed by atoms with E-state index in [1.165, 1.54) is 6.07 Å². The molecule has 0 bridgehead atoms. The highest BCUT2D eigenvalue weighted by Crippen LogP contribution is 2.18. The Hall–Kier alpha value is -3.17. The quantitative estimate of drug-likeness (QED) is 0.642. The van der Waals surface area contributed by atoms with Gasteiger partial charge in [0.15, 0.2) is 17.0 Å². The van der Waals surface area contributed by atoms with Gasteiger partial charge in [-0.25, -0.2) is 18.6 Å². The van der Waals surface area contributed by atoms with E-state index in [4.69, 9.17) is 4.74 Å². The Bertz CT molecular complexity index is 1030. The van der Waals surface area contributed by atoms with Gasteiger partial charge >= 0.3 is 5.97 Å². The fraction of sp³-hybridized carbons (Fsp3) is 0.312. The Balaban J connectivity index is 2.12. The van der Waals surface area contributed by atoms with Crippen molar-refractivity contribution in [2.24, 2.45) is 0 Å². The summed E-state index contributed by atoms with van der Waals surface area (Å²) in [5, 5.41) is 7.48. The van der Waals surface area contributed by atoms with Crippen LogP contribution in [0.5, 0.6) is 0 Å². The number of carbonyl (C=O) groups is 1. The zero-order valence-electron chi connectivity index (χ0n) is 14.0. The zero-order chi connectivity index (χ0) is 18.8. The first-order chi connectivity index (χ1) is 12.5. The average molecular weight is 363 g/mol. The van der Waals surface area contributed by atoms with E-state index in [1.54, 1.807) is 13.8 Å². The average Bonchev–Trinajstić information content (AvgIpc) is 3.02. The Morgan fingerprint density at radius 1 is 1.31 bits per heavy atom. The maximum absolute atomic E-state index is 14.0. The molecule has 0 spiro atoms. The highest BCUT2D eigenvalue weighted by Gasteiger charge is 2.24. The van der Waals surface area contributed by atoms with Crippen molar-refractivity contribution in [3.05, 3.63) is 46.5 Å². The number of halogens is 2. The van der Waals surface area contributed by atoms with E-state index in [2.05, 4.69) is 15.3 Å². The van der Waals surface area contributed by atoms with Gasteiger partial charge in [-0.2, -0.15) is 4.68 Å². The third-order valence-corrected chi connectivity index (χ3v) is 3.81. The van der Waals surface area contributed by atoms with Gasteiger partial charge < -0.3 is 4.74 Å². The third-order valence-electron chi connectivity index (χ3n) is 3.81. The predicted octanol–water partition coefficient (Wildman–Crippen LogP) is 1.77. The smallest absolute Gasteiger partial charge is 0.329 e. The SMILES string of the molecule is CCOC(=O)[C@H](CC)n1cnc2c(nnn2-c2ccc(F)cc2F)c1=O. The zero-order valence-corrected chi connectivity index (χ0v) is 14.0. The maximum atomic E-state index is 14.0. The van der Waals surface area contributed by atoms with E-state index < -0.39 is 29.2 Å². The number of hydrogen-bond donors (Lipinski definition) is 0. The lowest BCUT2D eigenvalue weighted by atomic mass is 10.2. The molecule has 0 radical (unpaired) electrons. The van der Waals surface area contributed by atoms with Crippen molar-refractivity contribution in [2.45, 2.75) is 26.3 Å². The fourth-order valence-corrected chi connectivity index (χ4v) is 2.58. The van der Waals surface area contributed by atoms with E-state index in [0.717, 1.165) is 21.6 Å². The second kappa shape index (κ2) is 6.98. The number of ether oxygens (including phenoxy) is 1. The summed E-state index contributed by atoms with van der Waals surface area (Å²) in [5.74, 6) is -2.18. The van der Waals surface area contributed by atoms with Crippen molar-refractivity contribution in [1.82, 2.24) is 24.5 Å². The van der Waals surface area contributed by atoms with Crippen LogP contribution in [0.1, 0.15) is 26.3 Å². The summed E-state index contributed by atoms with van der Waals surface area (Å²) in [6.45, 7) is 3.57. The molecule has 0 aliphatic heterocycles. The van der Waals surface area contributed by atoms with Gasteiger partial charge in [-0.05, 0) is 25.5 Å². The van der Waals surface area contributed by atoms with Gasteiger partial charge in [-0.1, -0.05) is 12.1 Å². The number of esters is 1. The molecule has 0 amide bonds. The minimum absolute atomic E-state index is 0.00419. The van der Waals surface area contributed by atoms with Crippen LogP contribution in [-0.4, -0.2) is 37.1 Å². The number of fused-ring (bicyclic) bond motifs is 1. The van der Waals surface area contributed by atoms with Gasteiger partial charge in [0, 0.05) is 6.07 Å². The summed E-state index contributed by atoms with van der Waals surface area (Å²) >= 11 is 0. The second-order valence-corrected chi connectivity index (χ2v) is 5.40. The summed E-state index contributed by atoms with van der Waals surface area (Å²) in [4.78, 5) is 28.8. The van der Waals surface area contributed by atoms with Crippen LogP contribution in [0.15, 0.2) is 29.3 Å². The third kappa shape index (κ3) is 2.93. The lowest BCUT2D eigenvalue weighted by molar-refractivity contribution is -0.147. The Kier molecular flexibility index (Phi) is 4.74. The molecule has 1 aromatic carbocycles. The number of nitrogens with zero attached hydrogens (tertiary/aromatic N) is 5. The van der Waals surface area contributed by atoms with Gasteiger partial charge in [-0.3, -0.25) is 9.36 Å². The molecule has 0 aliphatic carbocycles. The summed E-state index contributed by atoms with van der Waals surface area (Å²) in [6, 6.07) is 2.06. The van der Waals surface area contributed by atoms with Crippen LogP contribution >= 0.6 is 0 Å². The molecule has 136 valence electrons. The van der Waals surface area contributed by atoms with Crippen molar-refractivity contribution in [2.75, 3.05) is 6.61 Å². The molecule has 10 heteroatoms. The molecule has 0 unspecified atom stereocenters. The van der Waals surface area contributed by atoms with Crippen LogP contribution in [0.4, 0.5) is 8.78 Å². The molecular weight excluding hydrogens is 348 g/mol. The summed E-state index contributed by atoms with van der Waals surface area (Å²) in [5.41, 5.74) is -0.853.